The zero-order valence-corrected chi connectivity index (χ0v) is 10.9. The molecule has 0 amide bonds. The summed E-state index contributed by atoms with van der Waals surface area (Å²) in [6, 6.07) is 5.36. The van der Waals surface area contributed by atoms with E-state index in [1.165, 1.54) is 12.1 Å². The van der Waals surface area contributed by atoms with Gasteiger partial charge in [0.15, 0.2) is 11.6 Å². The van der Waals surface area contributed by atoms with E-state index < -0.39 is 35.5 Å². The highest BCUT2D eigenvalue weighted by Gasteiger charge is 2.31. The van der Waals surface area contributed by atoms with Crippen molar-refractivity contribution in [2.24, 2.45) is 5.73 Å². The van der Waals surface area contributed by atoms with Crippen molar-refractivity contribution in [3.05, 3.63) is 59.2 Å². The van der Waals surface area contributed by atoms with E-state index in [1.54, 1.807) is 0 Å². The smallest absolute Gasteiger partial charge is 0.505 e. The number of rotatable bonds is 3. The standard InChI is InChI=1S/C14H10F5NO2/c15-10-6-5-9(13(21)11(10)16)12(20)7-1-3-8(4-2-7)22-14(17,18)19/h1-6,12,21H,20H2/t12-/m1/s1. The molecule has 0 aliphatic carbocycles. The van der Waals surface area contributed by atoms with Crippen molar-refractivity contribution in [1.82, 2.24) is 0 Å². The monoisotopic (exact) mass is 319 g/mol. The van der Waals surface area contributed by atoms with Crippen LogP contribution in [0.2, 0.25) is 0 Å². The lowest BCUT2D eigenvalue weighted by atomic mass is 9.98. The van der Waals surface area contributed by atoms with E-state index in [1.807, 2.05) is 0 Å². The average molecular weight is 319 g/mol. The summed E-state index contributed by atoms with van der Waals surface area (Å²) < 4.78 is 66.1. The maximum Gasteiger partial charge on any atom is 0.573 e. The fourth-order valence-electron chi connectivity index (χ4n) is 1.86. The molecule has 2 aromatic rings. The fraction of sp³-hybridized carbons (Fsp3) is 0.143. The number of hydrogen-bond donors (Lipinski definition) is 2. The SMILES string of the molecule is N[C@H](c1ccc(OC(F)(F)F)cc1)c1ccc(F)c(F)c1O. The first kappa shape index (κ1) is 16.0. The number of phenolic OH excluding ortho intramolecular Hbond substituents is 1. The Balaban J connectivity index is 2.27. The Hall–Kier alpha value is -2.35. The molecule has 0 bridgehead atoms. The van der Waals surface area contributed by atoms with Crippen LogP contribution in [-0.4, -0.2) is 11.5 Å². The third-order valence-corrected chi connectivity index (χ3v) is 2.91. The molecule has 0 aliphatic heterocycles. The number of ether oxygens (including phenoxy) is 1. The Morgan fingerprint density at radius 1 is 1.00 bits per heavy atom. The molecule has 0 aliphatic rings. The highest BCUT2D eigenvalue weighted by atomic mass is 19.4. The molecule has 0 unspecified atom stereocenters. The fourth-order valence-corrected chi connectivity index (χ4v) is 1.86. The van der Waals surface area contributed by atoms with E-state index in [0.717, 1.165) is 24.3 Å². The predicted octanol–water partition coefficient (Wildman–Crippen LogP) is 3.62. The summed E-state index contributed by atoms with van der Waals surface area (Å²) in [5.41, 5.74) is 5.99. The predicted molar refractivity (Wildman–Crippen MR) is 67.2 cm³/mol. The molecule has 1 atom stereocenters. The van der Waals surface area contributed by atoms with Gasteiger partial charge < -0.3 is 15.6 Å². The van der Waals surface area contributed by atoms with Crippen molar-refractivity contribution in [2.45, 2.75) is 12.4 Å². The van der Waals surface area contributed by atoms with Gasteiger partial charge in [0, 0.05) is 5.56 Å². The number of benzene rings is 2. The Morgan fingerprint density at radius 2 is 1.59 bits per heavy atom. The van der Waals surface area contributed by atoms with Crippen molar-refractivity contribution < 1.29 is 31.8 Å². The third kappa shape index (κ3) is 3.45. The largest absolute Gasteiger partial charge is 0.573 e. The maximum atomic E-state index is 13.3. The van der Waals surface area contributed by atoms with Gasteiger partial charge in [-0.1, -0.05) is 18.2 Å². The van der Waals surface area contributed by atoms with Crippen LogP contribution in [0.1, 0.15) is 17.2 Å². The van der Waals surface area contributed by atoms with Gasteiger partial charge in [0.05, 0.1) is 6.04 Å². The molecule has 0 saturated heterocycles. The van der Waals surface area contributed by atoms with Crippen LogP contribution in [0, 0.1) is 11.6 Å². The van der Waals surface area contributed by atoms with Crippen LogP contribution >= 0.6 is 0 Å². The van der Waals surface area contributed by atoms with Crippen LogP contribution in [-0.2, 0) is 0 Å². The summed E-state index contributed by atoms with van der Waals surface area (Å²) in [6.07, 6.45) is -4.82. The minimum absolute atomic E-state index is 0.0941. The van der Waals surface area contributed by atoms with E-state index in [0.29, 0.717) is 0 Å². The second-order valence-corrected chi connectivity index (χ2v) is 4.39. The zero-order valence-electron chi connectivity index (χ0n) is 10.9. The minimum Gasteiger partial charge on any atom is -0.505 e. The molecular formula is C14H10F5NO2. The normalized spacial score (nSPS) is 13.0. The maximum absolute atomic E-state index is 13.3. The number of halogens is 5. The van der Waals surface area contributed by atoms with Crippen molar-refractivity contribution >= 4 is 0 Å². The molecule has 0 spiro atoms. The van der Waals surface area contributed by atoms with Crippen molar-refractivity contribution in [1.29, 1.82) is 0 Å². The van der Waals surface area contributed by atoms with Crippen LogP contribution in [0.4, 0.5) is 22.0 Å². The summed E-state index contributed by atoms with van der Waals surface area (Å²) >= 11 is 0. The van der Waals surface area contributed by atoms with Crippen molar-refractivity contribution in [2.75, 3.05) is 0 Å². The van der Waals surface area contributed by atoms with Gasteiger partial charge in [-0.15, -0.1) is 13.2 Å². The topological polar surface area (TPSA) is 55.5 Å². The molecule has 2 rings (SSSR count). The molecule has 0 heterocycles. The van der Waals surface area contributed by atoms with Gasteiger partial charge in [0.1, 0.15) is 5.75 Å². The summed E-state index contributed by atoms with van der Waals surface area (Å²) in [4.78, 5) is 0. The lowest BCUT2D eigenvalue weighted by Gasteiger charge is -2.15. The first-order chi connectivity index (χ1) is 10.2. The van der Waals surface area contributed by atoms with E-state index in [-0.39, 0.29) is 11.1 Å². The summed E-state index contributed by atoms with van der Waals surface area (Å²) in [6.45, 7) is 0. The first-order valence-electron chi connectivity index (χ1n) is 5.97. The van der Waals surface area contributed by atoms with Crippen LogP contribution < -0.4 is 10.5 Å². The van der Waals surface area contributed by atoms with Gasteiger partial charge in [0.2, 0.25) is 5.82 Å². The summed E-state index contributed by atoms with van der Waals surface area (Å²) in [5, 5.41) is 9.55. The summed E-state index contributed by atoms with van der Waals surface area (Å²) in [7, 11) is 0. The molecule has 3 N–H and O–H groups in total. The van der Waals surface area contributed by atoms with Crippen molar-refractivity contribution in [3.8, 4) is 11.5 Å². The second kappa shape index (κ2) is 5.80. The molecular weight excluding hydrogens is 309 g/mol. The Labute approximate surface area is 121 Å². The van der Waals surface area contributed by atoms with Gasteiger partial charge in [-0.05, 0) is 23.8 Å². The minimum atomic E-state index is -4.82. The van der Waals surface area contributed by atoms with Gasteiger partial charge in [-0.3, -0.25) is 0 Å². The molecule has 0 aromatic heterocycles. The Morgan fingerprint density at radius 3 is 2.14 bits per heavy atom. The van der Waals surface area contributed by atoms with E-state index >= 15 is 0 Å². The summed E-state index contributed by atoms with van der Waals surface area (Å²) in [5.74, 6) is -4.06. The number of hydrogen-bond acceptors (Lipinski definition) is 3. The zero-order chi connectivity index (χ0) is 16.5. The lowest BCUT2D eigenvalue weighted by molar-refractivity contribution is -0.274. The molecule has 3 nitrogen and oxygen atoms in total. The van der Waals surface area contributed by atoms with E-state index in [4.69, 9.17) is 5.73 Å². The Bertz CT molecular complexity index is 670. The molecule has 22 heavy (non-hydrogen) atoms. The third-order valence-electron chi connectivity index (χ3n) is 2.91. The quantitative estimate of drug-likeness (QED) is 0.850. The molecule has 118 valence electrons. The van der Waals surface area contributed by atoms with E-state index in [9.17, 15) is 27.1 Å². The molecule has 2 aromatic carbocycles. The Kier molecular flexibility index (Phi) is 4.23. The van der Waals surface area contributed by atoms with Gasteiger partial charge in [-0.25, -0.2) is 4.39 Å². The van der Waals surface area contributed by atoms with Gasteiger partial charge in [-0.2, -0.15) is 4.39 Å². The van der Waals surface area contributed by atoms with Gasteiger partial charge in [0.25, 0.3) is 0 Å². The number of nitrogens with two attached hydrogens (primary N) is 1. The average Bonchev–Trinajstić information content (AvgIpc) is 2.43. The van der Waals surface area contributed by atoms with Gasteiger partial charge >= 0.3 is 6.36 Å². The molecule has 8 heteroatoms. The number of alkyl halides is 3. The van der Waals surface area contributed by atoms with Crippen LogP contribution in [0.25, 0.3) is 0 Å². The highest BCUT2D eigenvalue weighted by Crippen LogP contribution is 2.32. The number of aromatic hydroxyl groups is 1. The van der Waals surface area contributed by atoms with E-state index in [2.05, 4.69) is 4.74 Å². The van der Waals surface area contributed by atoms with Crippen molar-refractivity contribution in [3.63, 3.8) is 0 Å². The van der Waals surface area contributed by atoms with Crippen LogP contribution in [0.3, 0.4) is 0 Å². The second-order valence-electron chi connectivity index (χ2n) is 4.39. The lowest BCUT2D eigenvalue weighted by Crippen LogP contribution is -2.17. The molecule has 0 fully saturated rings. The molecule has 0 radical (unpaired) electrons. The molecule has 0 saturated carbocycles. The highest BCUT2D eigenvalue weighted by molar-refractivity contribution is 5.42. The first-order valence-corrected chi connectivity index (χ1v) is 5.97. The van der Waals surface area contributed by atoms with Crippen LogP contribution in [0.5, 0.6) is 11.5 Å². The van der Waals surface area contributed by atoms with Crippen LogP contribution in [0.15, 0.2) is 36.4 Å². The number of phenols is 1.